The molecule has 0 spiro atoms. The maximum absolute atomic E-state index is 11.6. The second-order valence-electron chi connectivity index (χ2n) is 6.89. The molecule has 144 valence electrons. The first-order valence-electron chi connectivity index (χ1n) is 9.24. The van der Waals surface area contributed by atoms with E-state index in [2.05, 4.69) is 20.2 Å². The number of nitrogens with one attached hydrogen (secondary N) is 1. The first-order chi connectivity index (χ1) is 13.0. The average molecular weight is 371 g/mol. The number of benzene rings is 1. The molecule has 1 saturated heterocycles. The molecule has 0 atom stereocenters. The zero-order valence-electron chi connectivity index (χ0n) is 15.8. The molecule has 0 unspecified atom stereocenters. The highest BCUT2D eigenvalue weighted by Gasteiger charge is 2.25. The van der Waals surface area contributed by atoms with Crippen molar-refractivity contribution in [3.05, 3.63) is 45.8 Å². The Labute approximate surface area is 158 Å². The molecule has 1 aromatic heterocycles. The Bertz CT molecular complexity index is 786. The number of anilines is 1. The maximum Gasteiger partial charge on any atom is 0.373 e. The summed E-state index contributed by atoms with van der Waals surface area (Å²) in [6.45, 7) is 7.46. The quantitative estimate of drug-likeness (QED) is 0.586. The van der Waals surface area contributed by atoms with Gasteiger partial charge in [0.1, 0.15) is 12.1 Å². The summed E-state index contributed by atoms with van der Waals surface area (Å²) in [7, 11) is 0. The van der Waals surface area contributed by atoms with Gasteiger partial charge in [0.2, 0.25) is 5.82 Å². The van der Waals surface area contributed by atoms with Crippen molar-refractivity contribution < 1.29 is 9.66 Å². The van der Waals surface area contributed by atoms with E-state index < -0.39 is 4.92 Å². The van der Waals surface area contributed by atoms with E-state index in [0.29, 0.717) is 12.3 Å². The zero-order valence-corrected chi connectivity index (χ0v) is 15.8. The molecular formula is C19H25N5O3. The number of ether oxygens (including phenoxy) is 1. The van der Waals surface area contributed by atoms with Crippen LogP contribution in [0.1, 0.15) is 30.4 Å². The van der Waals surface area contributed by atoms with Crippen molar-refractivity contribution >= 4 is 11.5 Å². The summed E-state index contributed by atoms with van der Waals surface area (Å²) < 4.78 is 5.73. The Morgan fingerprint density at radius 1 is 1.15 bits per heavy atom. The molecule has 0 aliphatic carbocycles. The first-order valence-corrected chi connectivity index (χ1v) is 9.24. The molecule has 2 heterocycles. The standard InChI is InChI=1S/C19H25N5O3/c1-14-10-15(2)12-16(11-14)27-19-17(24(25)26)18(21-13-22-19)20-6-9-23-7-4-3-5-8-23/h10-13H,3-9H2,1-2H3,(H,20,21,22). The third-order valence-corrected chi connectivity index (χ3v) is 4.55. The highest BCUT2D eigenvalue weighted by Crippen LogP contribution is 2.34. The zero-order chi connectivity index (χ0) is 19.2. The summed E-state index contributed by atoms with van der Waals surface area (Å²) in [4.78, 5) is 21.5. The fourth-order valence-electron chi connectivity index (χ4n) is 3.35. The van der Waals surface area contributed by atoms with Crippen LogP contribution >= 0.6 is 0 Å². The van der Waals surface area contributed by atoms with Gasteiger partial charge >= 0.3 is 11.6 Å². The Hall–Kier alpha value is -2.74. The molecule has 8 heteroatoms. The minimum absolute atomic E-state index is 0.0551. The maximum atomic E-state index is 11.6. The molecule has 1 N–H and O–H groups in total. The predicted molar refractivity (Wildman–Crippen MR) is 103 cm³/mol. The van der Waals surface area contributed by atoms with E-state index in [0.717, 1.165) is 30.8 Å². The van der Waals surface area contributed by atoms with Crippen LogP contribution in [0.25, 0.3) is 0 Å². The molecule has 0 bridgehead atoms. The lowest BCUT2D eigenvalue weighted by molar-refractivity contribution is -0.385. The Morgan fingerprint density at radius 2 is 1.85 bits per heavy atom. The Balaban J connectivity index is 1.74. The number of hydrogen-bond donors (Lipinski definition) is 1. The van der Waals surface area contributed by atoms with Gasteiger partial charge in [0.15, 0.2) is 0 Å². The summed E-state index contributed by atoms with van der Waals surface area (Å²) >= 11 is 0. The smallest absolute Gasteiger partial charge is 0.373 e. The van der Waals surface area contributed by atoms with Crippen LogP contribution in [0.2, 0.25) is 0 Å². The number of nitro groups is 1. The van der Waals surface area contributed by atoms with Crippen molar-refractivity contribution in [2.75, 3.05) is 31.5 Å². The lowest BCUT2D eigenvalue weighted by Gasteiger charge is -2.26. The third kappa shape index (κ3) is 5.13. The van der Waals surface area contributed by atoms with Crippen molar-refractivity contribution in [2.24, 2.45) is 0 Å². The first kappa shape index (κ1) is 19.0. The highest BCUT2D eigenvalue weighted by atomic mass is 16.6. The van der Waals surface area contributed by atoms with E-state index in [1.165, 1.54) is 25.6 Å². The van der Waals surface area contributed by atoms with Gasteiger partial charge in [0, 0.05) is 13.1 Å². The summed E-state index contributed by atoms with van der Waals surface area (Å²) in [5.41, 5.74) is 1.79. The molecule has 27 heavy (non-hydrogen) atoms. The van der Waals surface area contributed by atoms with E-state index in [1.807, 2.05) is 32.0 Å². The van der Waals surface area contributed by atoms with Crippen LogP contribution in [-0.2, 0) is 0 Å². The molecule has 8 nitrogen and oxygen atoms in total. The molecular weight excluding hydrogens is 346 g/mol. The highest BCUT2D eigenvalue weighted by molar-refractivity contribution is 5.61. The molecule has 1 fully saturated rings. The SMILES string of the molecule is Cc1cc(C)cc(Oc2ncnc(NCCN3CCCCC3)c2[N+](=O)[O-])c1. The van der Waals surface area contributed by atoms with Crippen LogP contribution < -0.4 is 10.1 Å². The molecule has 3 rings (SSSR count). The van der Waals surface area contributed by atoms with Gasteiger partial charge in [0.25, 0.3) is 0 Å². The van der Waals surface area contributed by atoms with E-state index >= 15 is 0 Å². The largest absolute Gasteiger partial charge is 0.434 e. The van der Waals surface area contributed by atoms with Crippen LogP contribution in [0.5, 0.6) is 11.6 Å². The summed E-state index contributed by atoms with van der Waals surface area (Å²) in [5, 5.41) is 14.7. The van der Waals surface area contributed by atoms with Gasteiger partial charge in [-0.05, 0) is 63.0 Å². The lowest BCUT2D eigenvalue weighted by Crippen LogP contribution is -2.33. The predicted octanol–water partition coefficient (Wildman–Crippen LogP) is 3.69. The monoisotopic (exact) mass is 371 g/mol. The molecule has 0 radical (unpaired) electrons. The third-order valence-electron chi connectivity index (χ3n) is 4.55. The summed E-state index contributed by atoms with van der Waals surface area (Å²) in [6.07, 6.45) is 4.98. The van der Waals surface area contributed by atoms with Crippen LogP contribution in [-0.4, -0.2) is 46.0 Å². The van der Waals surface area contributed by atoms with E-state index in [9.17, 15) is 10.1 Å². The van der Waals surface area contributed by atoms with Gasteiger partial charge in [-0.1, -0.05) is 12.5 Å². The number of nitrogens with zero attached hydrogens (tertiary/aromatic N) is 4. The molecule has 0 amide bonds. The summed E-state index contributed by atoms with van der Waals surface area (Å²) in [6, 6.07) is 5.65. The molecule has 0 saturated carbocycles. The van der Waals surface area contributed by atoms with Gasteiger partial charge in [-0.25, -0.2) is 4.98 Å². The number of rotatable bonds is 7. The Kier molecular flexibility index (Phi) is 6.18. The topological polar surface area (TPSA) is 93.4 Å². The average Bonchev–Trinajstić information content (AvgIpc) is 2.61. The Morgan fingerprint density at radius 3 is 2.52 bits per heavy atom. The summed E-state index contributed by atoms with van der Waals surface area (Å²) in [5.74, 6) is 0.653. The van der Waals surface area contributed by atoms with E-state index in [1.54, 1.807) is 0 Å². The lowest BCUT2D eigenvalue weighted by atomic mass is 10.1. The number of aromatic nitrogens is 2. The molecule has 2 aromatic rings. The van der Waals surface area contributed by atoms with Gasteiger partial charge in [-0.2, -0.15) is 4.98 Å². The molecule has 1 aliphatic rings. The molecule has 1 aliphatic heterocycles. The van der Waals surface area contributed by atoms with Gasteiger partial charge in [-0.15, -0.1) is 0 Å². The van der Waals surface area contributed by atoms with Gasteiger partial charge in [-0.3, -0.25) is 10.1 Å². The fourth-order valence-corrected chi connectivity index (χ4v) is 3.35. The number of aryl methyl sites for hydroxylation is 2. The van der Waals surface area contributed by atoms with E-state index in [-0.39, 0.29) is 17.4 Å². The number of hydrogen-bond acceptors (Lipinski definition) is 7. The second-order valence-corrected chi connectivity index (χ2v) is 6.89. The fraction of sp³-hybridized carbons (Fsp3) is 0.474. The number of likely N-dealkylation sites (tertiary alicyclic amines) is 1. The minimum Gasteiger partial charge on any atom is -0.434 e. The van der Waals surface area contributed by atoms with Crippen LogP contribution in [0.15, 0.2) is 24.5 Å². The minimum atomic E-state index is -0.499. The van der Waals surface area contributed by atoms with Crippen molar-refractivity contribution in [2.45, 2.75) is 33.1 Å². The second kappa shape index (κ2) is 8.77. The molecule has 1 aromatic carbocycles. The van der Waals surface area contributed by atoms with Crippen LogP contribution in [0, 0.1) is 24.0 Å². The van der Waals surface area contributed by atoms with Crippen molar-refractivity contribution in [1.82, 2.24) is 14.9 Å². The van der Waals surface area contributed by atoms with Gasteiger partial charge < -0.3 is 15.0 Å². The van der Waals surface area contributed by atoms with Crippen molar-refractivity contribution in [3.63, 3.8) is 0 Å². The van der Waals surface area contributed by atoms with Crippen LogP contribution in [0.3, 0.4) is 0 Å². The van der Waals surface area contributed by atoms with Crippen molar-refractivity contribution in [3.8, 4) is 11.6 Å². The van der Waals surface area contributed by atoms with Crippen molar-refractivity contribution in [1.29, 1.82) is 0 Å². The van der Waals surface area contributed by atoms with E-state index in [4.69, 9.17) is 4.74 Å². The van der Waals surface area contributed by atoms with Gasteiger partial charge in [0.05, 0.1) is 4.92 Å². The number of piperidine rings is 1. The van der Waals surface area contributed by atoms with Crippen LogP contribution in [0.4, 0.5) is 11.5 Å². The normalized spacial score (nSPS) is 14.7.